The number of sulfonamides is 1. The molecule has 2 rings (SSSR count). The highest BCUT2D eigenvalue weighted by molar-refractivity contribution is 7.92. The van der Waals surface area contributed by atoms with Crippen molar-refractivity contribution in [1.29, 1.82) is 0 Å². The van der Waals surface area contributed by atoms with Gasteiger partial charge in [-0.3, -0.25) is 9.10 Å². The van der Waals surface area contributed by atoms with Crippen molar-refractivity contribution in [2.45, 2.75) is 0 Å². The average Bonchev–Trinajstić information content (AvgIpc) is 2.58. The fraction of sp³-hybridized carbons (Fsp3) is 0.235. The number of benzene rings is 2. The summed E-state index contributed by atoms with van der Waals surface area (Å²) in [5.41, 5.74) is 0.842. The number of carbonyl (C=O) groups is 1. The van der Waals surface area contributed by atoms with Gasteiger partial charge in [-0.25, -0.2) is 8.42 Å². The largest absolute Gasteiger partial charge is 0.497 e. The van der Waals surface area contributed by atoms with Crippen LogP contribution in [-0.2, 0) is 10.0 Å². The Balaban J connectivity index is 2.06. The first kappa shape index (κ1) is 19.1. The highest BCUT2D eigenvalue weighted by Gasteiger charge is 2.18. The number of hydrogen-bond acceptors (Lipinski definition) is 4. The van der Waals surface area contributed by atoms with Crippen molar-refractivity contribution in [3.05, 3.63) is 59.1 Å². The molecule has 0 bridgehead atoms. The molecule has 0 heterocycles. The van der Waals surface area contributed by atoms with Crippen LogP contribution < -0.4 is 14.4 Å². The third kappa shape index (κ3) is 5.11. The molecule has 0 aliphatic rings. The van der Waals surface area contributed by atoms with Crippen molar-refractivity contribution < 1.29 is 17.9 Å². The van der Waals surface area contributed by atoms with E-state index in [1.165, 1.54) is 11.4 Å². The van der Waals surface area contributed by atoms with E-state index in [4.69, 9.17) is 16.3 Å². The second-order valence-electron chi connectivity index (χ2n) is 5.27. The lowest BCUT2D eigenvalue weighted by atomic mass is 10.2. The summed E-state index contributed by atoms with van der Waals surface area (Å²) in [5, 5.41) is 3.02. The molecule has 0 aromatic heterocycles. The summed E-state index contributed by atoms with van der Waals surface area (Å²) in [6.45, 7) is 0.241. The van der Waals surface area contributed by atoms with Gasteiger partial charge in [0, 0.05) is 6.54 Å². The van der Waals surface area contributed by atoms with Gasteiger partial charge in [0.15, 0.2) is 0 Å². The lowest BCUT2D eigenvalue weighted by molar-refractivity contribution is 0.0955. The zero-order valence-corrected chi connectivity index (χ0v) is 15.5. The van der Waals surface area contributed by atoms with E-state index in [1.54, 1.807) is 48.5 Å². The van der Waals surface area contributed by atoms with E-state index < -0.39 is 10.0 Å². The minimum absolute atomic E-state index is 0.0986. The Labute approximate surface area is 152 Å². The number of nitrogens with one attached hydrogen (secondary N) is 1. The van der Waals surface area contributed by atoms with Crippen LogP contribution in [0.15, 0.2) is 48.5 Å². The van der Waals surface area contributed by atoms with Crippen molar-refractivity contribution in [2.24, 2.45) is 0 Å². The molecule has 0 atom stereocenters. The smallest absolute Gasteiger partial charge is 0.252 e. The quantitative estimate of drug-likeness (QED) is 0.798. The number of carbonyl (C=O) groups excluding carboxylic acids is 1. The third-order valence-corrected chi connectivity index (χ3v) is 5.00. The van der Waals surface area contributed by atoms with Crippen LogP contribution in [0, 0.1) is 0 Å². The predicted molar refractivity (Wildman–Crippen MR) is 99.0 cm³/mol. The lowest BCUT2D eigenvalue weighted by Crippen LogP contribution is -2.38. The molecule has 1 amide bonds. The van der Waals surface area contributed by atoms with E-state index in [2.05, 4.69) is 5.32 Å². The Morgan fingerprint density at radius 3 is 2.36 bits per heavy atom. The first-order valence-electron chi connectivity index (χ1n) is 7.47. The molecule has 2 aromatic carbocycles. The molecule has 25 heavy (non-hydrogen) atoms. The van der Waals surface area contributed by atoms with Crippen LogP contribution in [0.1, 0.15) is 10.4 Å². The Morgan fingerprint density at radius 1 is 1.16 bits per heavy atom. The van der Waals surface area contributed by atoms with Gasteiger partial charge in [-0.2, -0.15) is 0 Å². The van der Waals surface area contributed by atoms with Crippen LogP contribution in [0.5, 0.6) is 5.75 Å². The van der Waals surface area contributed by atoms with Crippen molar-refractivity contribution in [3.8, 4) is 5.75 Å². The summed E-state index contributed by atoms with van der Waals surface area (Å²) < 4.78 is 30.4. The number of methoxy groups -OCH3 is 1. The number of amides is 1. The first-order chi connectivity index (χ1) is 11.8. The van der Waals surface area contributed by atoms with E-state index in [9.17, 15) is 13.2 Å². The van der Waals surface area contributed by atoms with Crippen molar-refractivity contribution in [3.63, 3.8) is 0 Å². The SMILES string of the molecule is COc1ccc(N(CCNC(=O)c2ccccc2Cl)S(C)(=O)=O)cc1. The minimum atomic E-state index is -3.49. The molecule has 0 spiro atoms. The first-order valence-corrected chi connectivity index (χ1v) is 9.70. The molecule has 2 aromatic rings. The second kappa shape index (κ2) is 8.22. The van der Waals surface area contributed by atoms with Gasteiger partial charge in [-0.05, 0) is 36.4 Å². The van der Waals surface area contributed by atoms with E-state index in [0.29, 0.717) is 22.0 Å². The minimum Gasteiger partial charge on any atom is -0.497 e. The second-order valence-corrected chi connectivity index (χ2v) is 7.58. The topological polar surface area (TPSA) is 75.7 Å². The fourth-order valence-electron chi connectivity index (χ4n) is 2.25. The maximum Gasteiger partial charge on any atom is 0.252 e. The summed E-state index contributed by atoms with van der Waals surface area (Å²) in [5.74, 6) is 0.276. The van der Waals surface area contributed by atoms with Gasteiger partial charge in [0.1, 0.15) is 5.75 Å². The van der Waals surface area contributed by atoms with Crippen LogP contribution in [0.3, 0.4) is 0 Å². The number of rotatable bonds is 7. The molecule has 8 heteroatoms. The average molecular weight is 383 g/mol. The van der Waals surface area contributed by atoms with E-state index >= 15 is 0 Å². The number of hydrogen-bond donors (Lipinski definition) is 1. The zero-order valence-electron chi connectivity index (χ0n) is 13.9. The van der Waals surface area contributed by atoms with Gasteiger partial charge in [0.2, 0.25) is 10.0 Å². The molecule has 6 nitrogen and oxygen atoms in total. The predicted octanol–water partition coefficient (Wildman–Crippen LogP) is 2.54. The van der Waals surface area contributed by atoms with Crippen molar-refractivity contribution in [1.82, 2.24) is 5.32 Å². The van der Waals surface area contributed by atoms with Crippen LogP contribution >= 0.6 is 11.6 Å². The molecule has 0 fully saturated rings. The van der Waals surface area contributed by atoms with Crippen molar-refractivity contribution >= 4 is 33.2 Å². The monoisotopic (exact) mass is 382 g/mol. The normalized spacial score (nSPS) is 11.0. The van der Waals surface area contributed by atoms with E-state index in [-0.39, 0.29) is 19.0 Å². The zero-order chi connectivity index (χ0) is 18.4. The third-order valence-electron chi connectivity index (χ3n) is 3.48. The molecule has 0 saturated heterocycles. The summed E-state index contributed by atoms with van der Waals surface area (Å²) in [6.07, 6.45) is 1.12. The molecule has 0 saturated carbocycles. The lowest BCUT2D eigenvalue weighted by Gasteiger charge is -2.22. The molecular weight excluding hydrogens is 364 g/mol. The van der Waals surface area contributed by atoms with E-state index in [1.807, 2.05) is 0 Å². The summed E-state index contributed by atoms with van der Waals surface area (Å²) in [6, 6.07) is 13.3. The van der Waals surface area contributed by atoms with Gasteiger partial charge < -0.3 is 10.1 Å². The van der Waals surface area contributed by atoms with Gasteiger partial charge in [-0.1, -0.05) is 23.7 Å². The molecule has 0 radical (unpaired) electrons. The Bertz CT molecular complexity index is 838. The molecule has 0 unspecified atom stereocenters. The number of halogens is 1. The summed E-state index contributed by atoms with van der Waals surface area (Å²) in [7, 11) is -1.96. The maximum atomic E-state index is 12.1. The van der Waals surface area contributed by atoms with E-state index in [0.717, 1.165) is 6.26 Å². The van der Waals surface area contributed by atoms with Gasteiger partial charge in [0.05, 0.1) is 36.2 Å². The number of nitrogens with zero attached hydrogens (tertiary/aromatic N) is 1. The molecule has 1 N–H and O–H groups in total. The molecular formula is C17H19ClN2O4S. The Kier molecular flexibility index (Phi) is 6.27. The summed E-state index contributed by atoms with van der Waals surface area (Å²) >= 11 is 5.98. The van der Waals surface area contributed by atoms with Gasteiger partial charge in [0.25, 0.3) is 5.91 Å². The molecule has 134 valence electrons. The maximum absolute atomic E-state index is 12.1. The standard InChI is InChI=1S/C17H19ClN2O4S/c1-24-14-9-7-13(8-10-14)20(25(2,22)23)12-11-19-17(21)15-5-3-4-6-16(15)18/h3-10H,11-12H2,1-2H3,(H,19,21). The Hall–Kier alpha value is -2.25. The van der Waals surface area contributed by atoms with Crippen LogP contribution in [0.25, 0.3) is 0 Å². The molecule has 0 aliphatic heterocycles. The molecule has 0 aliphatic carbocycles. The van der Waals surface area contributed by atoms with Crippen LogP contribution in [0.2, 0.25) is 5.02 Å². The van der Waals surface area contributed by atoms with Crippen molar-refractivity contribution in [2.75, 3.05) is 30.8 Å². The van der Waals surface area contributed by atoms with Crippen LogP contribution in [-0.4, -0.2) is 40.8 Å². The van der Waals surface area contributed by atoms with Crippen LogP contribution in [0.4, 0.5) is 5.69 Å². The summed E-state index contributed by atoms with van der Waals surface area (Å²) in [4.78, 5) is 12.1. The fourth-order valence-corrected chi connectivity index (χ4v) is 3.40. The highest BCUT2D eigenvalue weighted by Crippen LogP contribution is 2.21. The Morgan fingerprint density at radius 2 is 1.80 bits per heavy atom. The number of ether oxygens (including phenoxy) is 1. The van der Waals surface area contributed by atoms with Gasteiger partial charge >= 0.3 is 0 Å². The van der Waals surface area contributed by atoms with Gasteiger partial charge in [-0.15, -0.1) is 0 Å². The number of anilines is 1. The highest BCUT2D eigenvalue weighted by atomic mass is 35.5.